The fourth-order valence-corrected chi connectivity index (χ4v) is 3.05. The second kappa shape index (κ2) is 4.01. The van der Waals surface area contributed by atoms with E-state index in [0.29, 0.717) is 11.2 Å². The first kappa shape index (κ1) is 10.2. The molecule has 2 rings (SSSR count). The van der Waals surface area contributed by atoms with Crippen LogP contribution >= 0.6 is 0 Å². The zero-order chi connectivity index (χ0) is 10.0. The van der Waals surface area contributed by atoms with Gasteiger partial charge in [0.2, 0.25) is 0 Å². The van der Waals surface area contributed by atoms with Gasteiger partial charge in [-0.2, -0.15) is 0 Å². The molecule has 0 aromatic heterocycles. The highest BCUT2D eigenvalue weighted by atomic mass is 16.1. The lowest BCUT2D eigenvalue weighted by Gasteiger charge is -2.32. The maximum absolute atomic E-state index is 11.2. The van der Waals surface area contributed by atoms with Gasteiger partial charge in [-0.15, -0.1) is 0 Å². The monoisotopic (exact) mass is 195 g/mol. The summed E-state index contributed by atoms with van der Waals surface area (Å²) in [6.45, 7) is 5.22. The quantitative estimate of drug-likeness (QED) is 0.688. The van der Waals surface area contributed by atoms with Crippen molar-refractivity contribution in [2.45, 2.75) is 45.4 Å². The van der Waals surface area contributed by atoms with Gasteiger partial charge in [0.1, 0.15) is 5.78 Å². The van der Waals surface area contributed by atoms with Gasteiger partial charge in [0.05, 0.1) is 6.54 Å². The van der Waals surface area contributed by atoms with E-state index < -0.39 is 0 Å². The van der Waals surface area contributed by atoms with Crippen LogP contribution in [0, 0.1) is 5.41 Å². The molecule has 0 bridgehead atoms. The highest BCUT2D eigenvalue weighted by molar-refractivity contribution is 5.82. The molecule has 0 aromatic rings. The van der Waals surface area contributed by atoms with Crippen molar-refractivity contribution in [2.24, 2.45) is 5.41 Å². The van der Waals surface area contributed by atoms with Crippen LogP contribution in [0.15, 0.2) is 0 Å². The molecule has 2 nitrogen and oxygen atoms in total. The van der Waals surface area contributed by atoms with E-state index in [1.165, 1.54) is 38.6 Å². The van der Waals surface area contributed by atoms with E-state index >= 15 is 0 Å². The van der Waals surface area contributed by atoms with Crippen molar-refractivity contribution in [3.05, 3.63) is 0 Å². The highest BCUT2D eigenvalue weighted by Crippen LogP contribution is 2.41. The van der Waals surface area contributed by atoms with E-state index in [-0.39, 0.29) is 0 Å². The lowest BCUT2D eigenvalue weighted by molar-refractivity contribution is -0.117. The first-order valence-electron chi connectivity index (χ1n) is 5.98. The molecule has 80 valence electrons. The van der Waals surface area contributed by atoms with Crippen LogP contribution in [0.4, 0.5) is 0 Å². The molecule has 14 heavy (non-hydrogen) atoms. The minimum Gasteiger partial charge on any atom is -0.298 e. The predicted octanol–water partition coefficient (Wildman–Crippen LogP) is 2.23. The van der Waals surface area contributed by atoms with Gasteiger partial charge in [-0.05, 0) is 24.7 Å². The average Bonchev–Trinajstić information content (AvgIpc) is 2.77. The summed E-state index contributed by atoms with van der Waals surface area (Å²) in [5.74, 6) is 0.439. The number of hydrogen-bond acceptors (Lipinski definition) is 2. The molecular weight excluding hydrogens is 174 g/mol. The summed E-state index contributed by atoms with van der Waals surface area (Å²) >= 11 is 0. The molecule has 1 aliphatic carbocycles. The van der Waals surface area contributed by atoms with E-state index in [9.17, 15) is 4.79 Å². The van der Waals surface area contributed by atoms with Crippen LogP contribution < -0.4 is 0 Å². The zero-order valence-electron chi connectivity index (χ0n) is 9.22. The van der Waals surface area contributed by atoms with Crippen molar-refractivity contribution in [1.82, 2.24) is 4.90 Å². The molecule has 1 aliphatic heterocycles. The van der Waals surface area contributed by atoms with Crippen LogP contribution in [0.5, 0.6) is 0 Å². The number of carbonyl (C=O) groups is 1. The van der Waals surface area contributed by atoms with Gasteiger partial charge in [-0.3, -0.25) is 9.69 Å². The fraction of sp³-hybridized carbons (Fsp3) is 0.917. The molecule has 1 saturated carbocycles. The molecule has 0 radical (unpaired) electrons. The van der Waals surface area contributed by atoms with Gasteiger partial charge >= 0.3 is 0 Å². The second-order valence-corrected chi connectivity index (χ2v) is 5.06. The van der Waals surface area contributed by atoms with Crippen molar-refractivity contribution in [3.8, 4) is 0 Å². The van der Waals surface area contributed by atoms with E-state index in [2.05, 4.69) is 11.8 Å². The van der Waals surface area contributed by atoms with Crippen molar-refractivity contribution < 1.29 is 4.79 Å². The summed E-state index contributed by atoms with van der Waals surface area (Å²) < 4.78 is 0. The predicted molar refractivity (Wildman–Crippen MR) is 57.3 cm³/mol. The van der Waals surface area contributed by atoms with Gasteiger partial charge < -0.3 is 0 Å². The Morgan fingerprint density at radius 1 is 1.36 bits per heavy atom. The normalized spacial score (nSPS) is 27.4. The first-order chi connectivity index (χ1) is 6.74. The summed E-state index contributed by atoms with van der Waals surface area (Å²) in [5.41, 5.74) is 0.560. The number of nitrogens with zero attached hydrogens (tertiary/aromatic N) is 1. The van der Waals surface area contributed by atoms with Crippen LogP contribution in [-0.2, 0) is 4.79 Å². The third kappa shape index (κ3) is 2.00. The van der Waals surface area contributed by atoms with Crippen LogP contribution in [-0.4, -0.2) is 30.3 Å². The lowest BCUT2D eigenvalue weighted by atomic mass is 9.83. The van der Waals surface area contributed by atoms with Gasteiger partial charge in [0, 0.05) is 19.5 Å². The lowest BCUT2D eigenvalue weighted by Crippen LogP contribution is -2.34. The Morgan fingerprint density at radius 3 is 2.57 bits per heavy atom. The molecule has 0 unspecified atom stereocenters. The molecule has 0 N–H and O–H groups in total. The molecule has 0 amide bonds. The average molecular weight is 195 g/mol. The highest BCUT2D eigenvalue weighted by Gasteiger charge is 2.35. The van der Waals surface area contributed by atoms with Gasteiger partial charge in [0.15, 0.2) is 0 Å². The molecule has 1 heterocycles. The number of carbonyl (C=O) groups excluding carboxylic acids is 1. The molecule has 0 spiro atoms. The minimum absolute atomic E-state index is 0.439. The van der Waals surface area contributed by atoms with Crippen LogP contribution in [0.25, 0.3) is 0 Å². The van der Waals surface area contributed by atoms with Crippen LogP contribution in [0.3, 0.4) is 0 Å². The van der Waals surface area contributed by atoms with Crippen molar-refractivity contribution in [2.75, 3.05) is 19.6 Å². The van der Waals surface area contributed by atoms with Crippen molar-refractivity contribution in [1.29, 1.82) is 0 Å². The zero-order valence-corrected chi connectivity index (χ0v) is 9.22. The summed E-state index contributed by atoms with van der Waals surface area (Å²) in [7, 11) is 0. The summed E-state index contributed by atoms with van der Waals surface area (Å²) in [6, 6.07) is 0. The number of Topliss-reactive ketones (excluding diaryl/α,β-unsaturated/α-hetero) is 1. The Morgan fingerprint density at radius 2 is 2.07 bits per heavy atom. The Labute approximate surface area is 86.7 Å². The van der Waals surface area contributed by atoms with Gasteiger partial charge in [-0.25, -0.2) is 0 Å². The third-order valence-corrected chi connectivity index (χ3v) is 4.08. The molecule has 2 aliphatic rings. The molecule has 0 atom stereocenters. The SMILES string of the molecule is CCC1(CN2CCC(=O)C2)CCCC1. The topological polar surface area (TPSA) is 20.3 Å². The second-order valence-electron chi connectivity index (χ2n) is 5.06. The first-order valence-corrected chi connectivity index (χ1v) is 5.98. The maximum Gasteiger partial charge on any atom is 0.148 e. The molecule has 0 aromatic carbocycles. The van der Waals surface area contributed by atoms with Crippen LogP contribution in [0.1, 0.15) is 45.4 Å². The third-order valence-electron chi connectivity index (χ3n) is 4.08. The maximum atomic E-state index is 11.2. The number of hydrogen-bond donors (Lipinski definition) is 0. The standard InChI is InChI=1S/C12H21NO/c1-2-12(6-3-4-7-12)10-13-8-5-11(14)9-13/h2-10H2,1H3. The van der Waals surface area contributed by atoms with E-state index in [4.69, 9.17) is 0 Å². The Bertz CT molecular complexity index is 218. The Kier molecular flexibility index (Phi) is 2.91. The number of rotatable bonds is 3. The van der Waals surface area contributed by atoms with Crippen LogP contribution in [0.2, 0.25) is 0 Å². The summed E-state index contributed by atoms with van der Waals surface area (Å²) in [4.78, 5) is 13.6. The Balaban J connectivity index is 1.91. The van der Waals surface area contributed by atoms with Gasteiger partial charge in [-0.1, -0.05) is 19.8 Å². The van der Waals surface area contributed by atoms with E-state index in [1.807, 2.05) is 0 Å². The fourth-order valence-electron chi connectivity index (χ4n) is 3.05. The minimum atomic E-state index is 0.439. The molecule has 2 fully saturated rings. The largest absolute Gasteiger partial charge is 0.298 e. The molecule has 1 saturated heterocycles. The molecular formula is C12H21NO. The Hall–Kier alpha value is -0.370. The summed E-state index contributed by atoms with van der Waals surface area (Å²) in [6.07, 6.45) is 7.64. The number of likely N-dealkylation sites (tertiary alicyclic amines) is 1. The van der Waals surface area contributed by atoms with Gasteiger partial charge in [0.25, 0.3) is 0 Å². The van der Waals surface area contributed by atoms with Crippen molar-refractivity contribution >= 4 is 5.78 Å². The van der Waals surface area contributed by atoms with E-state index in [0.717, 1.165) is 19.5 Å². The molecule has 2 heteroatoms. The van der Waals surface area contributed by atoms with Crippen molar-refractivity contribution in [3.63, 3.8) is 0 Å². The smallest absolute Gasteiger partial charge is 0.148 e. The van der Waals surface area contributed by atoms with E-state index in [1.54, 1.807) is 0 Å². The summed E-state index contributed by atoms with van der Waals surface area (Å²) in [5, 5.41) is 0. The number of ketones is 1.